The summed E-state index contributed by atoms with van der Waals surface area (Å²) >= 11 is 5.76. The molecule has 1 aromatic rings. The highest BCUT2D eigenvalue weighted by Crippen LogP contribution is 2.14. The van der Waals surface area contributed by atoms with Gasteiger partial charge in [-0.15, -0.1) is 0 Å². The molecular formula is C14H17ClN2O2. The third kappa shape index (κ3) is 4.24. The van der Waals surface area contributed by atoms with Gasteiger partial charge in [-0.3, -0.25) is 9.59 Å². The largest absolute Gasteiger partial charge is 0.342 e. The number of hydrogen-bond donors (Lipinski definition) is 1. The molecule has 0 aliphatic carbocycles. The van der Waals surface area contributed by atoms with Crippen molar-refractivity contribution in [2.75, 3.05) is 18.4 Å². The van der Waals surface area contributed by atoms with Gasteiger partial charge in [-0.25, -0.2) is 0 Å². The van der Waals surface area contributed by atoms with E-state index >= 15 is 0 Å². The number of hydrogen-bond acceptors (Lipinski definition) is 2. The lowest BCUT2D eigenvalue weighted by Crippen LogP contribution is -2.37. The number of piperidine rings is 1. The standard InChI is InChI=1S/C14H17ClN2O2/c15-11-4-6-12(7-5-11)16-13(18)10-14(19)17-8-2-1-3-9-17/h4-7H,1-3,8-10H2,(H,16,18). The Morgan fingerprint density at radius 1 is 1.11 bits per heavy atom. The van der Waals surface area contributed by atoms with Crippen LogP contribution in [0.5, 0.6) is 0 Å². The second-order valence-corrected chi connectivity index (χ2v) is 5.11. The van der Waals surface area contributed by atoms with E-state index < -0.39 is 0 Å². The van der Waals surface area contributed by atoms with E-state index in [1.54, 1.807) is 29.2 Å². The summed E-state index contributed by atoms with van der Waals surface area (Å²) in [5.41, 5.74) is 0.654. The molecule has 0 radical (unpaired) electrons. The minimum Gasteiger partial charge on any atom is -0.342 e. The highest BCUT2D eigenvalue weighted by atomic mass is 35.5. The van der Waals surface area contributed by atoms with Crippen molar-refractivity contribution in [2.24, 2.45) is 0 Å². The van der Waals surface area contributed by atoms with Crippen LogP contribution < -0.4 is 5.32 Å². The number of halogens is 1. The minimum atomic E-state index is -0.280. The summed E-state index contributed by atoms with van der Waals surface area (Å²) in [4.78, 5) is 25.4. The van der Waals surface area contributed by atoms with Gasteiger partial charge in [0, 0.05) is 23.8 Å². The van der Waals surface area contributed by atoms with Gasteiger partial charge in [0.2, 0.25) is 11.8 Å². The molecule has 1 N–H and O–H groups in total. The molecule has 2 amide bonds. The lowest BCUT2D eigenvalue weighted by atomic mass is 10.1. The van der Waals surface area contributed by atoms with Crippen LogP contribution in [0.4, 0.5) is 5.69 Å². The van der Waals surface area contributed by atoms with Crippen LogP contribution >= 0.6 is 11.6 Å². The molecule has 0 aromatic heterocycles. The number of carbonyl (C=O) groups excluding carboxylic acids is 2. The zero-order valence-electron chi connectivity index (χ0n) is 10.7. The summed E-state index contributed by atoms with van der Waals surface area (Å²) in [5, 5.41) is 3.31. The van der Waals surface area contributed by atoms with E-state index in [1.807, 2.05) is 0 Å². The second-order valence-electron chi connectivity index (χ2n) is 4.67. The maximum atomic E-state index is 11.9. The van der Waals surface area contributed by atoms with Gasteiger partial charge < -0.3 is 10.2 Å². The molecule has 0 atom stereocenters. The molecule has 1 aliphatic rings. The van der Waals surface area contributed by atoms with E-state index in [2.05, 4.69) is 5.32 Å². The summed E-state index contributed by atoms with van der Waals surface area (Å²) in [6, 6.07) is 6.82. The van der Waals surface area contributed by atoms with E-state index in [0.29, 0.717) is 10.7 Å². The summed E-state index contributed by atoms with van der Waals surface area (Å²) in [6.45, 7) is 1.54. The van der Waals surface area contributed by atoms with Crippen molar-refractivity contribution < 1.29 is 9.59 Å². The summed E-state index contributed by atoms with van der Waals surface area (Å²) in [6.07, 6.45) is 3.14. The SMILES string of the molecule is O=C(CC(=O)N1CCCCC1)Nc1ccc(Cl)cc1. The van der Waals surface area contributed by atoms with Crippen LogP contribution in [0.25, 0.3) is 0 Å². The number of nitrogens with one attached hydrogen (secondary N) is 1. The molecule has 1 fully saturated rings. The van der Waals surface area contributed by atoms with Crippen LogP contribution in [-0.2, 0) is 9.59 Å². The molecule has 1 aliphatic heterocycles. The Bertz CT molecular complexity index is 453. The lowest BCUT2D eigenvalue weighted by Gasteiger charge is -2.26. The third-order valence-corrected chi connectivity index (χ3v) is 3.40. The summed E-state index contributed by atoms with van der Waals surface area (Å²) < 4.78 is 0. The van der Waals surface area contributed by atoms with Gasteiger partial charge >= 0.3 is 0 Å². The van der Waals surface area contributed by atoms with Gasteiger partial charge in [0.15, 0.2) is 0 Å². The van der Waals surface area contributed by atoms with Crippen molar-refractivity contribution in [3.63, 3.8) is 0 Å². The van der Waals surface area contributed by atoms with Crippen LogP contribution in [0.1, 0.15) is 25.7 Å². The third-order valence-electron chi connectivity index (χ3n) is 3.15. The molecule has 4 nitrogen and oxygen atoms in total. The fraction of sp³-hybridized carbons (Fsp3) is 0.429. The number of benzene rings is 1. The monoisotopic (exact) mass is 280 g/mol. The van der Waals surface area contributed by atoms with Crippen LogP contribution in [0, 0.1) is 0 Å². The van der Waals surface area contributed by atoms with E-state index in [9.17, 15) is 9.59 Å². The quantitative estimate of drug-likeness (QED) is 0.866. The Balaban J connectivity index is 1.83. The first-order valence-electron chi connectivity index (χ1n) is 6.48. The van der Waals surface area contributed by atoms with Crippen molar-refractivity contribution in [3.8, 4) is 0 Å². The molecule has 19 heavy (non-hydrogen) atoms. The van der Waals surface area contributed by atoms with Gasteiger partial charge in [-0.05, 0) is 43.5 Å². The number of nitrogens with zero attached hydrogens (tertiary/aromatic N) is 1. The summed E-state index contributed by atoms with van der Waals surface area (Å²) in [7, 11) is 0. The van der Waals surface area contributed by atoms with Crippen LogP contribution in [-0.4, -0.2) is 29.8 Å². The highest BCUT2D eigenvalue weighted by Gasteiger charge is 2.19. The predicted molar refractivity (Wildman–Crippen MR) is 75.1 cm³/mol. The van der Waals surface area contributed by atoms with Crippen LogP contribution in [0.3, 0.4) is 0 Å². The van der Waals surface area contributed by atoms with Gasteiger partial charge in [0.25, 0.3) is 0 Å². The second kappa shape index (κ2) is 6.57. The molecule has 0 saturated carbocycles. The molecule has 1 aromatic carbocycles. The molecule has 0 bridgehead atoms. The van der Waals surface area contributed by atoms with E-state index in [4.69, 9.17) is 11.6 Å². The molecular weight excluding hydrogens is 264 g/mol. The fourth-order valence-corrected chi connectivity index (χ4v) is 2.26. The normalized spacial score (nSPS) is 15.1. The van der Waals surface area contributed by atoms with Crippen molar-refractivity contribution in [1.82, 2.24) is 4.90 Å². The number of anilines is 1. The van der Waals surface area contributed by atoms with E-state index in [1.165, 1.54) is 6.42 Å². The maximum Gasteiger partial charge on any atom is 0.233 e. The molecule has 0 spiro atoms. The van der Waals surface area contributed by atoms with Crippen molar-refractivity contribution >= 4 is 29.1 Å². The first-order chi connectivity index (χ1) is 9.15. The first-order valence-corrected chi connectivity index (χ1v) is 6.86. The zero-order valence-corrected chi connectivity index (χ0v) is 11.4. The Hall–Kier alpha value is -1.55. The maximum absolute atomic E-state index is 11.9. The van der Waals surface area contributed by atoms with E-state index in [-0.39, 0.29) is 18.2 Å². The smallest absolute Gasteiger partial charge is 0.233 e. The molecule has 1 saturated heterocycles. The minimum absolute atomic E-state index is 0.0915. The van der Waals surface area contributed by atoms with Crippen LogP contribution in [0.2, 0.25) is 5.02 Å². The molecule has 1 heterocycles. The highest BCUT2D eigenvalue weighted by molar-refractivity contribution is 6.30. The average Bonchev–Trinajstić information content (AvgIpc) is 2.42. The Labute approximate surface area is 117 Å². The topological polar surface area (TPSA) is 49.4 Å². The number of carbonyl (C=O) groups is 2. The van der Waals surface area contributed by atoms with Gasteiger partial charge in [-0.2, -0.15) is 0 Å². The summed E-state index contributed by atoms with van der Waals surface area (Å²) in [5.74, 6) is -0.371. The van der Waals surface area contributed by atoms with Gasteiger partial charge in [-0.1, -0.05) is 11.6 Å². The Morgan fingerprint density at radius 2 is 1.74 bits per heavy atom. The van der Waals surface area contributed by atoms with Crippen LogP contribution in [0.15, 0.2) is 24.3 Å². The first kappa shape index (κ1) is 13.9. The Kier molecular flexibility index (Phi) is 4.80. The number of rotatable bonds is 3. The van der Waals surface area contributed by atoms with Crippen molar-refractivity contribution in [2.45, 2.75) is 25.7 Å². The zero-order chi connectivity index (χ0) is 13.7. The number of likely N-dealkylation sites (tertiary alicyclic amines) is 1. The molecule has 5 heteroatoms. The Morgan fingerprint density at radius 3 is 2.37 bits per heavy atom. The van der Waals surface area contributed by atoms with Crippen molar-refractivity contribution in [1.29, 1.82) is 0 Å². The molecule has 2 rings (SSSR count). The van der Waals surface area contributed by atoms with Gasteiger partial charge in [0.05, 0.1) is 0 Å². The fourth-order valence-electron chi connectivity index (χ4n) is 2.13. The molecule has 0 unspecified atom stereocenters. The lowest BCUT2D eigenvalue weighted by molar-refractivity contribution is -0.135. The van der Waals surface area contributed by atoms with Crippen molar-refractivity contribution in [3.05, 3.63) is 29.3 Å². The van der Waals surface area contributed by atoms with Gasteiger partial charge in [0.1, 0.15) is 6.42 Å². The predicted octanol–water partition coefficient (Wildman–Crippen LogP) is 2.68. The average molecular weight is 281 g/mol. The van der Waals surface area contributed by atoms with E-state index in [0.717, 1.165) is 25.9 Å². The molecule has 102 valence electrons. The number of amides is 2.